The van der Waals surface area contributed by atoms with Crippen molar-refractivity contribution in [3.63, 3.8) is 0 Å². The molecule has 0 spiro atoms. The highest BCUT2D eigenvalue weighted by Gasteiger charge is 2.40. The second-order valence-electron chi connectivity index (χ2n) is 7.12. The van der Waals surface area contributed by atoms with E-state index in [0.29, 0.717) is 24.7 Å². The lowest BCUT2D eigenvalue weighted by molar-refractivity contribution is 0.112. The van der Waals surface area contributed by atoms with E-state index in [0.717, 1.165) is 24.9 Å². The Balaban J connectivity index is 1.27. The minimum atomic E-state index is -0.0417. The lowest BCUT2D eigenvalue weighted by atomic mass is 9.97. The molecule has 0 aliphatic carbocycles. The molecule has 4 nitrogen and oxygen atoms in total. The summed E-state index contributed by atoms with van der Waals surface area (Å²) >= 11 is 1.84. The van der Waals surface area contributed by atoms with Gasteiger partial charge in [0.25, 0.3) is 0 Å². The number of nitrogens with one attached hydrogen (secondary N) is 2. The quantitative estimate of drug-likeness (QED) is 0.858. The van der Waals surface area contributed by atoms with Crippen molar-refractivity contribution in [2.45, 2.75) is 56.9 Å². The van der Waals surface area contributed by atoms with Crippen LogP contribution in [0, 0.1) is 0 Å². The van der Waals surface area contributed by atoms with Crippen LogP contribution in [0.3, 0.4) is 0 Å². The van der Waals surface area contributed by atoms with Crippen LogP contribution in [0.1, 0.15) is 36.1 Å². The number of carbonyl (C=O) groups excluding carboxylic acids is 1. The number of fused-ring (bicyclic) bond motifs is 2. The molecule has 2 aliphatic heterocycles. The fourth-order valence-electron chi connectivity index (χ4n) is 4.25. The zero-order chi connectivity index (χ0) is 17.1. The average Bonchev–Trinajstić information content (AvgIpc) is 3.21. The molecule has 2 amide bonds. The highest BCUT2D eigenvalue weighted by Crippen LogP contribution is 2.37. The van der Waals surface area contributed by atoms with Gasteiger partial charge < -0.3 is 10.6 Å². The molecular formula is C20H25N3OS. The normalized spacial score (nSPS) is 25.7. The van der Waals surface area contributed by atoms with E-state index in [4.69, 9.17) is 0 Å². The summed E-state index contributed by atoms with van der Waals surface area (Å²) in [6.45, 7) is 1.65. The standard InChI is InChI=1S/C20H25N3OS/c24-20(21-13-15-5-2-1-3-6-15)22-16-11-17-8-9-18(12-16)23(17)14-19-7-4-10-25-19/h1-7,10,16-18H,8-9,11-14H2,(H2,21,22,24). The number of hydrogen-bond acceptors (Lipinski definition) is 3. The Bertz CT molecular complexity index is 674. The first-order valence-electron chi connectivity index (χ1n) is 9.14. The van der Waals surface area contributed by atoms with E-state index >= 15 is 0 Å². The lowest BCUT2D eigenvalue weighted by Crippen LogP contribution is -2.51. The van der Waals surface area contributed by atoms with Gasteiger partial charge in [-0.2, -0.15) is 0 Å². The van der Waals surface area contributed by atoms with Gasteiger partial charge in [0, 0.05) is 36.1 Å². The maximum Gasteiger partial charge on any atom is 0.315 e. The molecule has 4 rings (SSSR count). The van der Waals surface area contributed by atoms with E-state index in [-0.39, 0.29) is 6.03 Å². The number of piperidine rings is 1. The first-order chi connectivity index (χ1) is 12.3. The number of nitrogens with zero attached hydrogens (tertiary/aromatic N) is 1. The minimum absolute atomic E-state index is 0.0417. The molecule has 3 heterocycles. The second kappa shape index (κ2) is 7.58. The Morgan fingerprint density at radius 1 is 1.08 bits per heavy atom. The van der Waals surface area contributed by atoms with Crippen LogP contribution in [0.5, 0.6) is 0 Å². The largest absolute Gasteiger partial charge is 0.335 e. The van der Waals surface area contributed by atoms with Crippen molar-refractivity contribution < 1.29 is 4.79 Å². The van der Waals surface area contributed by atoms with E-state index in [1.54, 1.807) is 0 Å². The number of amides is 2. The van der Waals surface area contributed by atoms with Gasteiger partial charge in [0.1, 0.15) is 0 Å². The number of rotatable bonds is 5. The van der Waals surface area contributed by atoms with Crippen molar-refractivity contribution in [1.82, 2.24) is 15.5 Å². The zero-order valence-electron chi connectivity index (χ0n) is 14.4. The molecule has 1 aromatic heterocycles. The first kappa shape index (κ1) is 16.6. The summed E-state index contributed by atoms with van der Waals surface area (Å²) in [6, 6.07) is 15.9. The van der Waals surface area contributed by atoms with E-state index in [1.807, 2.05) is 41.7 Å². The minimum Gasteiger partial charge on any atom is -0.335 e. The molecule has 0 saturated carbocycles. The van der Waals surface area contributed by atoms with Crippen LogP contribution >= 0.6 is 11.3 Å². The molecule has 1 aromatic carbocycles. The van der Waals surface area contributed by atoms with Crippen molar-refractivity contribution in [2.75, 3.05) is 0 Å². The van der Waals surface area contributed by atoms with Gasteiger partial charge in [-0.1, -0.05) is 36.4 Å². The summed E-state index contributed by atoms with van der Waals surface area (Å²) < 4.78 is 0. The van der Waals surface area contributed by atoms with E-state index in [1.165, 1.54) is 17.7 Å². The third-order valence-corrected chi connectivity index (χ3v) is 6.30. The molecule has 0 radical (unpaired) electrons. The summed E-state index contributed by atoms with van der Waals surface area (Å²) in [4.78, 5) is 16.3. The topological polar surface area (TPSA) is 44.4 Å². The number of hydrogen-bond donors (Lipinski definition) is 2. The van der Waals surface area contributed by atoms with Crippen LogP contribution in [0.25, 0.3) is 0 Å². The van der Waals surface area contributed by atoms with Gasteiger partial charge in [-0.15, -0.1) is 11.3 Å². The Labute approximate surface area is 153 Å². The predicted octanol–water partition coefficient (Wildman–Crippen LogP) is 3.74. The molecule has 2 aromatic rings. The van der Waals surface area contributed by atoms with Gasteiger partial charge in [0.2, 0.25) is 0 Å². The lowest BCUT2D eigenvalue weighted by Gasteiger charge is -2.39. The van der Waals surface area contributed by atoms with Crippen LogP contribution < -0.4 is 10.6 Å². The van der Waals surface area contributed by atoms with Gasteiger partial charge in [-0.05, 0) is 42.7 Å². The number of carbonyl (C=O) groups is 1. The Morgan fingerprint density at radius 2 is 1.84 bits per heavy atom. The van der Waals surface area contributed by atoms with Crippen molar-refractivity contribution in [3.05, 3.63) is 58.3 Å². The Morgan fingerprint density at radius 3 is 2.52 bits per heavy atom. The molecule has 5 heteroatoms. The van der Waals surface area contributed by atoms with Crippen molar-refractivity contribution >= 4 is 17.4 Å². The zero-order valence-corrected chi connectivity index (χ0v) is 15.2. The van der Waals surface area contributed by atoms with Crippen LogP contribution in [0.4, 0.5) is 4.79 Å². The summed E-state index contributed by atoms with van der Waals surface area (Å²) in [5, 5.41) is 8.33. The fraction of sp³-hybridized carbons (Fsp3) is 0.450. The van der Waals surface area contributed by atoms with E-state index < -0.39 is 0 Å². The van der Waals surface area contributed by atoms with E-state index in [2.05, 4.69) is 33.0 Å². The smallest absolute Gasteiger partial charge is 0.315 e. The number of benzene rings is 1. The Hall–Kier alpha value is -1.85. The monoisotopic (exact) mass is 355 g/mol. The van der Waals surface area contributed by atoms with Gasteiger partial charge in [0.15, 0.2) is 0 Å². The van der Waals surface area contributed by atoms with Crippen LogP contribution in [-0.2, 0) is 13.1 Å². The van der Waals surface area contributed by atoms with Crippen LogP contribution in [0.2, 0.25) is 0 Å². The average molecular weight is 356 g/mol. The third kappa shape index (κ3) is 4.05. The van der Waals surface area contributed by atoms with Crippen LogP contribution in [-0.4, -0.2) is 29.1 Å². The molecule has 132 valence electrons. The van der Waals surface area contributed by atoms with Gasteiger partial charge >= 0.3 is 6.03 Å². The maximum absolute atomic E-state index is 12.2. The third-order valence-electron chi connectivity index (χ3n) is 5.43. The molecule has 2 bridgehead atoms. The fourth-order valence-corrected chi connectivity index (χ4v) is 4.96. The molecule has 25 heavy (non-hydrogen) atoms. The molecule has 2 N–H and O–H groups in total. The van der Waals surface area contributed by atoms with Gasteiger partial charge in [0.05, 0.1) is 0 Å². The highest BCUT2D eigenvalue weighted by molar-refractivity contribution is 7.09. The SMILES string of the molecule is O=C(NCc1ccccc1)NC1CC2CCC(C1)N2Cc1cccs1. The van der Waals surface area contributed by atoms with Crippen LogP contribution in [0.15, 0.2) is 47.8 Å². The van der Waals surface area contributed by atoms with Gasteiger partial charge in [-0.25, -0.2) is 4.79 Å². The summed E-state index contributed by atoms with van der Waals surface area (Å²) in [7, 11) is 0. The molecule has 2 atom stereocenters. The second-order valence-corrected chi connectivity index (χ2v) is 8.15. The van der Waals surface area contributed by atoms with Crippen molar-refractivity contribution in [1.29, 1.82) is 0 Å². The van der Waals surface area contributed by atoms with E-state index in [9.17, 15) is 4.79 Å². The molecule has 2 aliphatic rings. The highest BCUT2D eigenvalue weighted by atomic mass is 32.1. The number of thiophene rings is 1. The summed E-state index contributed by atoms with van der Waals surface area (Å²) in [5.41, 5.74) is 1.13. The predicted molar refractivity (Wildman–Crippen MR) is 102 cm³/mol. The maximum atomic E-state index is 12.2. The molecule has 2 saturated heterocycles. The van der Waals surface area contributed by atoms with Crippen molar-refractivity contribution in [3.8, 4) is 0 Å². The first-order valence-corrected chi connectivity index (χ1v) is 10.0. The molecule has 2 fully saturated rings. The Kier molecular flexibility index (Phi) is 5.04. The number of urea groups is 1. The summed E-state index contributed by atoms with van der Waals surface area (Å²) in [6.07, 6.45) is 4.67. The van der Waals surface area contributed by atoms with Crippen molar-refractivity contribution in [2.24, 2.45) is 0 Å². The van der Waals surface area contributed by atoms with Gasteiger partial charge in [-0.3, -0.25) is 4.90 Å². The molecule has 2 unspecified atom stereocenters. The molecular weight excluding hydrogens is 330 g/mol. The summed E-state index contributed by atoms with van der Waals surface area (Å²) in [5.74, 6) is 0.